The first-order valence-corrected chi connectivity index (χ1v) is 11.0. The number of hydrogen-bond donors (Lipinski definition) is 4. The zero-order valence-electron chi connectivity index (χ0n) is 17.9. The van der Waals surface area contributed by atoms with Crippen LogP contribution in [0.1, 0.15) is 16.7 Å². The fourth-order valence-corrected chi connectivity index (χ4v) is 4.28. The van der Waals surface area contributed by atoms with Crippen molar-refractivity contribution in [2.24, 2.45) is 0 Å². The van der Waals surface area contributed by atoms with Gasteiger partial charge >= 0.3 is 0 Å². The zero-order valence-corrected chi connectivity index (χ0v) is 17.9. The highest BCUT2D eigenvalue weighted by Crippen LogP contribution is 2.38. The number of piperazine rings is 1. The summed E-state index contributed by atoms with van der Waals surface area (Å²) in [7, 11) is 0. The van der Waals surface area contributed by atoms with Crippen LogP contribution in [-0.4, -0.2) is 37.0 Å². The lowest BCUT2D eigenvalue weighted by Gasteiger charge is -2.27. The first-order chi connectivity index (χ1) is 15.7. The number of nitrogens with two attached hydrogens (primary N) is 1. The van der Waals surface area contributed by atoms with Crippen molar-refractivity contribution in [3.05, 3.63) is 89.5 Å². The summed E-state index contributed by atoms with van der Waals surface area (Å²) in [5, 5.41) is 9.87. The second-order valence-corrected chi connectivity index (χ2v) is 8.22. The van der Waals surface area contributed by atoms with E-state index in [0.717, 1.165) is 60.9 Å². The molecule has 5 N–H and O–H groups in total. The van der Waals surface area contributed by atoms with Crippen LogP contribution in [0, 0.1) is 0 Å². The van der Waals surface area contributed by atoms with E-state index >= 15 is 0 Å². The standard InChI is InChI=1S/C26H27N5O/c27-20-8-11-23-22(16-20)24(26(32)30-23)25(19-4-2-1-3-5-19)29-21-9-6-18(7-10-21)17-31-14-12-28-13-15-31/h1-11,16,28-29H,12-15,17,27H2,(H,30,32)/b25-24-. The lowest BCUT2D eigenvalue weighted by atomic mass is 9.99. The van der Waals surface area contributed by atoms with Gasteiger partial charge in [-0.3, -0.25) is 9.69 Å². The fraction of sp³-hybridized carbons (Fsp3) is 0.192. The van der Waals surface area contributed by atoms with Gasteiger partial charge in [0.05, 0.1) is 11.3 Å². The van der Waals surface area contributed by atoms with E-state index in [2.05, 4.69) is 45.1 Å². The van der Waals surface area contributed by atoms with Crippen LogP contribution in [0.25, 0.3) is 11.3 Å². The van der Waals surface area contributed by atoms with Crippen LogP contribution >= 0.6 is 0 Å². The monoisotopic (exact) mass is 425 g/mol. The molecule has 0 aliphatic carbocycles. The minimum Gasteiger partial charge on any atom is -0.399 e. The molecule has 6 heteroatoms. The Hall–Kier alpha value is -3.61. The van der Waals surface area contributed by atoms with E-state index in [9.17, 15) is 4.79 Å². The van der Waals surface area contributed by atoms with Crippen LogP contribution in [0.4, 0.5) is 17.1 Å². The van der Waals surface area contributed by atoms with Crippen molar-refractivity contribution >= 4 is 34.2 Å². The quantitative estimate of drug-likeness (QED) is 0.371. The molecule has 1 fully saturated rings. The normalized spacial score (nSPS) is 17.6. The van der Waals surface area contributed by atoms with Gasteiger partial charge in [-0.05, 0) is 41.5 Å². The Morgan fingerprint density at radius 1 is 0.969 bits per heavy atom. The zero-order chi connectivity index (χ0) is 21.9. The second-order valence-electron chi connectivity index (χ2n) is 8.22. The molecule has 1 amide bonds. The van der Waals surface area contributed by atoms with Crippen molar-refractivity contribution in [1.29, 1.82) is 0 Å². The largest absolute Gasteiger partial charge is 0.399 e. The smallest absolute Gasteiger partial charge is 0.258 e. The van der Waals surface area contributed by atoms with Crippen LogP contribution in [0.5, 0.6) is 0 Å². The van der Waals surface area contributed by atoms with E-state index in [1.54, 1.807) is 6.07 Å². The lowest BCUT2D eigenvalue weighted by Crippen LogP contribution is -2.42. The lowest BCUT2D eigenvalue weighted by molar-refractivity contribution is -0.110. The van der Waals surface area contributed by atoms with Crippen LogP contribution in [-0.2, 0) is 11.3 Å². The van der Waals surface area contributed by atoms with Crippen LogP contribution < -0.4 is 21.7 Å². The highest BCUT2D eigenvalue weighted by atomic mass is 16.2. The topological polar surface area (TPSA) is 82.4 Å². The molecule has 162 valence electrons. The van der Waals surface area contributed by atoms with Gasteiger partial charge in [0.2, 0.25) is 0 Å². The Kier molecular flexibility index (Phi) is 5.62. The summed E-state index contributed by atoms with van der Waals surface area (Å²) < 4.78 is 0. The van der Waals surface area contributed by atoms with Crippen molar-refractivity contribution in [1.82, 2.24) is 10.2 Å². The molecule has 2 aliphatic heterocycles. The Morgan fingerprint density at radius 2 is 1.72 bits per heavy atom. The molecule has 2 aliphatic rings. The Bertz CT molecular complexity index is 1150. The third-order valence-corrected chi connectivity index (χ3v) is 5.94. The van der Waals surface area contributed by atoms with E-state index in [1.165, 1.54) is 5.56 Å². The molecule has 5 rings (SSSR count). The van der Waals surface area contributed by atoms with Gasteiger partial charge in [-0.1, -0.05) is 42.5 Å². The summed E-state index contributed by atoms with van der Waals surface area (Å²) in [6, 6.07) is 23.9. The molecule has 3 aromatic carbocycles. The number of carbonyl (C=O) groups is 1. The molecular formula is C26H27N5O. The average Bonchev–Trinajstić information content (AvgIpc) is 3.14. The molecule has 0 atom stereocenters. The van der Waals surface area contributed by atoms with Gasteiger partial charge in [0.15, 0.2) is 0 Å². The SMILES string of the molecule is Nc1ccc2c(c1)/C(=C(/Nc1ccc(CN3CCNCC3)cc1)c1ccccc1)C(=O)N2. The number of benzene rings is 3. The molecule has 0 aromatic heterocycles. The Balaban J connectivity index is 1.48. The number of amides is 1. The maximum atomic E-state index is 13.0. The van der Waals surface area contributed by atoms with Crippen molar-refractivity contribution < 1.29 is 4.79 Å². The summed E-state index contributed by atoms with van der Waals surface area (Å²) >= 11 is 0. The predicted octanol–water partition coefficient (Wildman–Crippen LogP) is 3.61. The molecule has 32 heavy (non-hydrogen) atoms. The summed E-state index contributed by atoms with van der Waals surface area (Å²) in [5.74, 6) is -0.132. The Morgan fingerprint density at radius 3 is 2.47 bits per heavy atom. The van der Waals surface area contributed by atoms with E-state index in [-0.39, 0.29) is 5.91 Å². The molecule has 2 heterocycles. The Labute approximate surface area is 188 Å². The number of nitrogens with zero attached hydrogens (tertiary/aromatic N) is 1. The molecule has 0 radical (unpaired) electrons. The third-order valence-electron chi connectivity index (χ3n) is 5.94. The van der Waals surface area contributed by atoms with Gasteiger partial charge < -0.3 is 21.7 Å². The molecule has 3 aromatic rings. The van der Waals surface area contributed by atoms with Gasteiger partial charge in [0.1, 0.15) is 0 Å². The second kappa shape index (κ2) is 8.86. The predicted molar refractivity (Wildman–Crippen MR) is 131 cm³/mol. The molecule has 6 nitrogen and oxygen atoms in total. The first-order valence-electron chi connectivity index (χ1n) is 11.0. The summed E-state index contributed by atoms with van der Waals surface area (Å²) in [4.78, 5) is 15.4. The van der Waals surface area contributed by atoms with Crippen LogP contribution in [0.3, 0.4) is 0 Å². The van der Waals surface area contributed by atoms with Gasteiger partial charge in [-0.15, -0.1) is 0 Å². The van der Waals surface area contributed by atoms with Crippen molar-refractivity contribution in [2.45, 2.75) is 6.54 Å². The van der Waals surface area contributed by atoms with E-state index in [4.69, 9.17) is 5.73 Å². The maximum absolute atomic E-state index is 13.0. The molecule has 0 bridgehead atoms. The highest BCUT2D eigenvalue weighted by molar-refractivity contribution is 6.37. The van der Waals surface area contributed by atoms with Gasteiger partial charge in [-0.2, -0.15) is 0 Å². The molecule has 1 saturated heterocycles. The number of hydrogen-bond acceptors (Lipinski definition) is 5. The number of rotatable bonds is 5. The maximum Gasteiger partial charge on any atom is 0.258 e. The summed E-state index contributed by atoms with van der Waals surface area (Å²) in [6.45, 7) is 5.18. The molecule has 0 unspecified atom stereocenters. The van der Waals surface area contributed by atoms with E-state index < -0.39 is 0 Å². The minimum absolute atomic E-state index is 0.132. The highest BCUT2D eigenvalue weighted by Gasteiger charge is 2.28. The van der Waals surface area contributed by atoms with Crippen molar-refractivity contribution in [3.8, 4) is 0 Å². The van der Waals surface area contributed by atoms with Gasteiger partial charge in [-0.25, -0.2) is 0 Å². The van der Waals surface area contributed by atoms with Gasteiger partial charge in [0.25, 0.3) is 5.91 Å². The number of anilines is 3. The van der Waals surface area contributed by atoms with Crippen molar-refractivity contribution in [2.75, 3.05) is 42.5 Å². The molecule has 0 saturated carbocycles. The minimum atomic E-state index is -0.132. The van der Waals surface area contributed by atoms with Crippen LogP contribution in [0.2, 0.25) is 0 Å². The van der Waals surface area contributed by atoms with Crippen molar-refractivity contribution in [3.63, 3.8) is 0 Å². The summed E-state index contributed by atoms with van der Waals surface area (Å²) in [5.41, 5.74) is 12.8. The van der Waals surface area contributed by atoms with Crippen LogP contribution in [0.15, 0.2) is 72.8 Å². The number of nitrogens with one attached hydrogen (secondary N) is 3. The molecular weight excluding hydrogens is 398 g/mol. The average molecular weight is 426 g/mol. The third kappa shape index (κ3) is 4.23. The van der Waals surface area contributed by atoms with E-state index in [0.29, 0.717) is 11.3 Å². The number of nitrogen functional groups attached to an aromatic ring is 1. The summed E-state index contributed by atoms with van der Waals surface area (Å²) in [6.07, 6.45) is 0. The fourth-order valence-electron chi connectivity index (χ4n) is 4.28. The molecule has 0 spiro atoms. The number of carbonyl (C=O) groups excluding carboxylic acids is 1. The number of fused-ring (bicyclic) bond motifs is 1. The van der Waals surface area contributed by atoms with Gasteiger partial charge in [0, 0.05) is 55.3 Å². The first kappa shape index (κ1) is 20.3. The van der Waals surface area contributed by atoms with E-state index in [1.807, 2.05) is 42.5 Å².